The molecule has 6 heteroatoms. The third-order valence-corrected chi connectivity index (χ3v) is 1.89. The number of benzene rings is 1. The number of carbonyl (C=O) groups is 1. The van der Waals surface area contributed by atoms with Crippen molar-refractivity contribution in [1.29, 1.82) is 0 Å². The fourth-order valence-corrected chi connectivity index (χ4v) is 1.28. The Balaban J connectivity index is 3.09. The van der Waals surface area contributed by atoms with E-state index in [1.54, 1.807) is 6.07 Å². The molecule has 16 heavy (non-hydrogen) atoms. The first kappa shape index (κ1) is 12.0. The summed E-state index contributed by atoms with van der Waals surface area (Å²) in [6.07, 6.45) is 0. The van der Waals surface area contributed by atoms with Crippen molar-refractivity contribution in [3.63, 3.8) is 0 Å². The van der Waals surface area contributed by atoms with E-state index < -0.39 is 4.92 Å². The molecule has 0 aliphatic heterocycles. The van der Waals surface area contributed by atoms with Crippen molar-refractivity contribution in [2.24, 2.45) is 0 Å². The van der Waals surface area contributed by atoms with Crippen molar-refractivity contribution in [2.75, 3.05) is 17.2 Å². The Morgan fingerprint density at radius 1 is 1.44 bits per heavy atom. The first-order valence-electron chi connectivity index (χ1n) is 4.84. The third kappa shape index (κ3) is 2.94. The molecule has 0 atom stereocenters. The molecule has 0 radical (unpaired) electrons. The van der Waals surface area contributed by atoms with Crippen LogP contribution >= 0.6 is 0 Å². The maximum absolute atomic E-state index is 10.9. The summed E-state index contributed by atoms with van der Waals surface area (Å²) in [6, 6.07) is 4.30. The summed E-state index contributed by atoms with van der Waals surface area (Å²) < 4.78 is 0. The molecule has 0 unspecified atom stereocenters. The minimum atomic E-state index is -0.499. The van der Waals surface area contributed by atoms with E-state index in [2.05, 4.69) is 10.6 Å². The van der Waals surface area contributed by atoms with E-state index in [1.165, 1.54) is 19.1 Å². The lowest BCUT2D eigenvalue weighted by atomic mass is 10.2. The first-order chi connectivity index (χ1) is 7.54. The molecule has 1 amide bonds. The fourth-order valence-electron chi connectivity index (χ4n) is 1.28. The van der Waals surface area contributed by atoms with Crippen molar-refractivity contribution in [1.82, 2.24) is 0 Å². The molecule has 1 rings (SSSR count). The smallest absolute Gasteiger partial charge is 0.271 e. The Labute approximate surface area is 92.8 Å². The number of nitro benzene ring substituents is 1. The van der Waals surface area contributed by atoms with Gasteiger partial charge in [-0.2, -0.15) is 0 Å². The lowest BCUT2D eigenvalue weighted by Gasteiger charge is -2.10. The van der Waals surface area contributed by atoms with E-state index in [1.807, 2.05) is 6.92 Å². The fraction of sp³-hybridized carbons (Fsp3) is 0.300. The van der Waals surface area contributed by atoms with Gasteiger partial charge >= 0.3 is 0 Å². The highest BCUT2D eigenvalue weighted by atomic mass is 16.6. The number of hydrogen-bond donors (Lipinski definition) is 2. The van der Waals surface area contributed by atoms with Gasteiger partial charge in [-0.15, -0.1) is 0 Å². The zero-order chi connectivity index (χ0) is 12.1. The molecule has 0 aromatic heterocycles. The number of nitrogens with one attached hydrogen (secondary N) is 2. The number of nitro groups is 1. The molecule has 0 fully saturated rings. The van der Waals surface area contributed by atoms with Gasteiger partial charge in [0.1, 0.15) is 0 Å². The highest BCUT2D eigenvalue weighted by molar-refractivity contribution is 5.93. The highest BCUT2D eigenvalue weighted by Gasteiger charge is 2.11. The number of amides is 1. The number of nitrogens with zero attached hydrogens (tertiary/aromatic N) is 1. The predicted molar refractivity (Wildman–Crippen MR) is 61.6 cm³/mol. The first-order valence-corrected chi connectivity index (χ1v) is 4.84. The van der Waals surface area contributed by atoms with Crippen LogP contribution in [0.2, 0.25) is 0 Å². The normalized spacial score (nSPS) is 9.62. The summed E-state index contributed by atoms with van der Waals surface area (Å²) in [6.45, 7) is 3.93. The van der Waals surface area contributed by atoms with Crippen LogP contribution in [-0.4, -0.2) is 17.4 Å². The quantitative estimate of drug-likeness (QED) is 0.603. The maximum Gasteiger partial charge on any atom is 0.271 e. The Kier molecular flexibility index (Phi) is 3.82. The van der Waals surface area contributed by atoms with Crippen LogP contribution in [0.3, 0.4) is 0 Å². The van der Waals surface area contributed by atoms with E-state index >= 15 is 0 Å². The molecule has 0 aliphatic carbocycles. The second-order valence-electron chi connectivity index (χ2n) is 3.20. The van der Waals surface area contributed by atoms with Crippen LogP contribution in [0, 0.1) is 10.1 Å². The lowest BCUT2D eigenvalue weighted by Crippen LogP contribution is -2.09. The van der Waals surface area contributed by atoms with Crippen LogP contribution in [0.4, 0.5) is 17.1 Å². The predicted octanol–water partition coefficient (Wildman–Crippen LogP) is 1.98. The van der Waals surface area contributed by atoms with Crippen molar-refractivity contribution in [3.8, 4) is 0 Å². The molecule has 2 N–H and O–H groups in total. The van der Waals surface area contributed by atoms with Gasteiger partial charge in [-0.05, 0) is 13.0 Å². The molecule has 0 bridgehead atoms. The third-order valence-electron chi connectivity index (χ3n) is 1.89. The molecular formula is C10H13N3O3. The lowest BCUT2D eigenvalue weighted by molar-refractivity contribution is -0.384. The van der Waals surface area contributed by atoms with Crippen LogP contribution in [-0.2, 0) is 4.79 Å². The van der Waals surface area contributed by atoms with E-state index in [4.69, 9.17) is 0 Å². The molecule has 0 heterocycles. The summed E-state index contributed by atoms with van der Waals surface area (Å²) in [5.41, 5.74) is 1.04. The molecule has 0 saturated carbocycles. The van der Waals surface area contributed by atoms with Gasteiger partial charge in [0.05, 0.1) is 16.3 Å². The van der Waals surface area contributed by atoms with Crippen molar-refractivity contribution < 1.29 is 9.72 Å². The molecule has 1 aromatic rings. The second-order valence-corrected chi connectivity index (χ2v) is 3.20. The number of anilines is 2. The number of non-ortho nitro benzene ring substituents is 1. The average molecular weight is 223 g/mol. The summed E-state index contributed by atoms with van der Waals surface area (Å²) in [5.74, 6) is -0.264. The highest BCUT2D eigenvalue weighted by Crippen LogP contribution is 2.26. The standard InChI is InChI=1S/C10H13N3O3/c1-3-11-9-5-4-8(13(15)16)6-10(9)12-7(2)14/h4-6,11H,3H2,1-2H3,(H,12,14). The van der Waals surface area contributed by atoms with Gasteiger partial charge in [0, 0.05) is 25.6 Å². The van der Waals surface area contributed by atoms with E-state index in [0.29, 0.717) is 17.9 Å². The van der Waals surface area contributed by atoms with Gasteiger partial charge in [0.15, 0.2) is 0 Å². The SMILES string of the molecule is CCNc1ccc([N+](=O)[O-])cc1NC(C)=O. The number of carbonyl (C=O) groups excluding carboxylic acids is 1. The van der Waals surface area contributed by atoms with Gasteiger partial charge in [0.25, 0.3) is 5.69 Å². The Bertz CT molecular complexity index is 418. The average Bonchev–Trinajstić information content (AvgIpc) is 2.19. The number of hydrogen-bond acceptors (Lipinski definition) is 4. The van der Waals surface area contributed by atoms with E-state index in [9.17, 15) is 14.9 Å². The van der Waals surface area contributed by atoms with Crippen LogP contribution in [0.1, 0.15) is 13.8 Å². The molecule has 86 valence electrons. The Hall–Kier alpha value is -2.11. The van der Waals surface area contributed by atoms with E-state index in [0.717, 1.165) is 0 Å². The molecule has 0 spiro atoms. The van der Waals surface area contributed by atoms with Gasteiger partial charge < -0.3 is 10.6 Å². The summed E-state index contributed by atoms with van der Waals surface area (Å²) in [7, 11) is 0. The van der Waals surface area contributed by atoms with Crippen LogP contribution in [0.25, 0.3) is 0 Å². The maximum atomic E-state index is 10.9. The molecule has 1 aromatic carbocycles. The van der Waals surface area contributed by atoms with Gasteiger partial charge in [-0.25, -0.2) is 0 Å². The Morgan fingerprint density at radius 3 is 2.62 bits per heavy atom. The second kappa shape index (κ2) is 5.11. The monoisotopic (exact) mass is 223 g/mol. The van der Waals surface area contributed by atoms with Gasteiger partial charge in [-0.1, -0.05) is 0 Å². The summed E-state index contributed by atoms with van der Waals surface area (Å²) in [4.78, 5) is 21.0. The zero-order valence-electron chi connectivity index (χ0n) is 9.11. The van der Waals surface area contributed by atoms with Crippen molar-refractivity contribution >= 4 is 23.0 Å². The zero-order valence-corrected chi connectivity index (χ0v) is 9.11. The topological polar surface area (TPSA) is 84.3 Å². The minimum absolute atomic E-state index is 0.0506. The van der Waals surface area contributed by atoms with Gasteiger partial charge in [-0.3, -0.25) is 14.9 Å². The molecular weight excluding hydrogens is 210 g/mol. The molecule has 6 nitrogen and oxygen atoms in total. The number of rotatable bonds is 4. The van der Waals surface area contributed by atoms with Crippen LogP contribution < -0.4 is 10.6 Å². The largest absolute Gasteiger partial charge is 0.384 e. The summed E-state index contributed by atoms with van der Waals surface area (Å²) in [5, 5.41) is 16.1. The van der Waals surface area contributed by atoms with E-state index in [-0.39, 0.29) is 11.6 Å². The molecule has 0 saturated heterocycles. The summed E-state index contributed by atoms with van der Waals surface area (Å²) >= 11 is 0. The van der Waals surface area contributed by atoms with Crippen molar-refractivity contribution in [3.05, 3.63) is 28.3 Å². The Morgan fingerprint density at radius 2 is 2.12 bits per heavy atom. The van der Waals surface area contributed by atoms with Crippen molar-refractivity contribution in [2.45, 2.75) is 13.8 Å². The minimum Gasteiger partial charge on any atom is -0.384 e. The van der Waals surface area contributed by atoms with Gasteiger partial charge in [0.2, 0.25) is 5.91 Å². The van der Waals surface area contributed by atoms with Crippen LogP contribution in [0.15, 0.2) is 18.2 Å². The molecule has 0 aliphatic rings. The van der Waals surface area contributed by atoms with Crippen LogP contribution in [0.5, 0.6) is 0 Å².